The highest BCUT2D eigenvalue weighted by molar-refractivity contribution is 9.10. The molecule has 1 fully saturated rings. The average molecular weight is 279 g/mol. The smallest absolute Gasteiger partial charge is 0.0753 e. The number of nitrogens with zero attached hydrogens (tertiary/aromatic N) is 1. The molecule has 2 atom stereocenters. The number of hydrogen-bond acceptors (Lipinski definition) is 2. The van der Waals surface area contributed by atoms with Crippen molar-refractivity contribution < 1.29 is 0 Å². The summed E-state index contributed by atoms with van der Waals surface area (Å²) in [6.07, 6.45) is 2.33. The van der Waals surface area contributed by atoms with Gasteiger partial charge in [0, 0.05) is 4.47 Å². The summed E-state index contributed by atoms with van der Waals surface area (Å²) in [4.78, 5) is 0. The van der Waals surface area contributed by atoms with Crippen molar-refractivity contribution in [2.45, 2.75) is 18.8 Å². The van der Waals surface area contributed by atoms with Crippen LogP contribution in [0.15, 0.2) is 28.7 Å². The zero-order chi connectivity index (χ0) is 11.4. The van der Waals surface area contributed by atoms with Crippen LogP contribution in [0.3, 0.4) is 0 Å². The van der Waals surface area contributed by atoms with E-state index in [4.69, 9.17) is 0 Å². The fourth-order valence-corrected chi connectivity index (χ4v) is 2.73. The normalized spacial score (nSPS) is 22.4. The zero-order valence-electron chi connectivity index (χ0n) is 9.12. The van der Waals surface area contributed by atoms with Gasteiger partial charge in [-0.15, -0.1) is 0 Å². The van der Waals surface area contributed by atoms with Crippen molar-refractivity contribution in [2.24, 2.45) is 5.92 Å². The Morgan fingerprint density at radius 3 is 3.00 bits per heavy atom. The van der Waals surface area contributed by atoms with Gasteiger partial charge in [0.25, 0.3) is 0 Å². The van der Waals surface area contributed by atoms with Crippen LogP contribution in [0.5, 0.6) is 0 Å². The maximum Gasteiger partial charge on any atom is 0.0753 e. The fraction of sp³-hybridized carbons (Fsp3) is 0.462. The van der Waals surface area contributed by atoms with E-state index in [1.807, 2.05) is 18.2 Å². The zero-order valence-corrected chi connectivity index (χ0v) is 10.7. The van der Waals surface area contributed by atoms with Gasteiger partial charge in [0.2, 0.25) is 0 Å². The van der Waals surface area contributed by atoms with E-state index in [1.54, 1.807) is 0 Å². The maximum atomic E-state index is 9.33. The maximum absolute atomic E-state index is 9.33. The molecular formula is C13H15BrN2. The molecule has 1 aromatic rings. The highest BCUT2D eigenvalue weighted by Crippen LogP contribution is 2.30. The average Bonchev–Trinajstić information content (AvgIpc) is 2.31. The minimum Gasteiger partial charge on any atom is -0.316 e. The lowest BCUT2D eigenvalue weighted by Gasteiger charge is -2.26. The first-order valence-electron chi connectivity index (χ1n) is 5.67. The number of nitrogens with one attached hydrogen (secondary N) is 1. The second-order valence-electron chi connectivity index (χ2n) is 4.27. The third kappa shape index (κ3) is 2.63. The van der Waals surface area contributed by atoms with Crippen molar-refractivity contribution in [1.29, 1.82) is 5.26 Å². The van der Waals surface area contributed by atoms with Crippen LogP contribution >= 0.6 is 15.9 Å². The Labute approximate surface area is 105 Å². The van der Waals surface area contributed by atoms with Gasteiger partial charge in [-0.05, 0) is 49.5 Å². The predicted molar refractivity (Wildman–Crippen MR) is 68.1 cm³/mol. The van der Waals surface area contributed by atoms with E-state index in [2.05, 4.69) is 33.4 Å². The standard InChI is InChI=1S/C13H15BrN2/c14-12-5-1-3-10(7-12)13(8-15)11-4-2-6-16-9-11/h1,3,5,7,11,13,16H,2,4,6,9H2. The van der Waals surface area contributed by atoms with Crippen molar-refractivity contribution in [3.8, 4) is 6.07 Å². The lowest BCUT2D eigenvalue weighted by Crippen LogP contribution is -2.32. The van der Waals surface area contributed by atoms with Gasteiger partial charge < -0.3 is 5.32 Å². The van der Waals surface area contributed by atoms with Gasteiger partial charge >= 0.3 is 0 Å². The highest BCUT2D eigenvalue weighted by Gasteiger charge is 2.24. The lowest BCUT2D eigenvalue weighted by atomic mass is 9.82. The Morgan fingerprint density at radius 1 is 1.50 bits per heavy atom. The topological polar surface area (TPSA) is 35.8 Å². The van der Waals surface area contributed by atoms with Gasteiger partial charge in [-0.2, -0.15) is 5.26 Å². The highest BCUT2D eigenvalue weighted by atomic mass is 79.9. The summed E-state index contributed by atoms with van der Waals surface area (Å²) in [7, 11) is 0. The molecule has 1 aromatic carbocycles. The Bertz CT molecular complexity index is 391. The molecule has 0 aliphatic carbocycles. The second-order valence-corrected chi connectivity index (χ2v) is 5.18. The summed E-state index contributed by atoms with van der Waals surface area (Å²) in [6.45, 7) is 2.05. The molecule has 2 unspecified atom stereocenters. The van der Waals surface area contributed by atoms with E-state index in [-0.39, 0.29) is 5.92 Å². The third-order valence-corrected chi connectivity index (χ3v) is 3.65. The molecule has 0 radical (unpaired) electrons. The fourth-order valence-electron chi connectivity index (χ4n) is 2.32. The lowest BCUT2D eigenvalue weighted by molar-refractivity contribution is 0.354. The number of nitriles is 1. The van der Waals surface area contributed by atoms with Crippen molar-refractivity contribution >= 4 is 15.9 Å². The molecule has 2 nitrogen and oxygen atoms in total. The Kier molecular flexibility index (Phi) is 3.98. The minimum atomic E-state index is 0.0188. The van der Waals surface area contributed by atoms with E-state index in [0.717, 1.165) is 29.5 Å². The SMILES string of the molecule is N#CC(c1cccc(Br)c1)C1CCCNC1. The quantitative estimate of drug-likeness (QED) is 0.903. The Balaban J connectivity index is 2.18. The van der Waals surface area contributed by atoms with Crippen LogP contribution in [-0.4, -0.2) is 13.1 Å². The molecule has 0 spiro atoms. The molecular weight excluding hydrogens is 264 g/mol. The van der Waals surface area contributed by atoms with E-state index in [9.17, 15) is 5.26 Å². The van der Waals surface area contributed by atoms with Gasteiger partial charge in [-0.3, -0.25) is 0 Å². The van der Waals surface area contributed by atoms with Crippen molar-refractivity contribution in [3.05, 3.63) is 34.3 Å². The van der Waals surface area contributed by atoms with Gasteiger partial charge in [-0.25, -0.2) is 0 Å². The summed E-state index contributed by atoms with van der Waals surface area (Å²) < 4.78 is 1.05. The second kappa shape index (κ2) is 5.47. The molecule has 1 heterocycles. The summed E-state index contributed by atoms with van der Waals surface area (Å²) in [6, 6.07) is 10.6. The Hall–Kier alpha value is -0.850. The van der Waals surface area contributed by atoms with Crippen LogP contribution in [0.25, 0.3) is 0 Å². The van der Waals surface area contributed by atoms with Crippen molar-refractivity contribution in [2.75, 3.05) is 13.1 Å². The first-order chi connectivity index (χ1) is 7.81. The van der Waals surface area contributed by atoms with Crippen molar-refractivity contribution in [1.82, 2.24) is 5.32 Å². The molecule has 0 amide bonds. The number of halogens is 1. The monoisotopic (exact) mass is 278 g/mol. The molecule has 1 aliphatic heterocycles. The molecule has 0 saturated carbocycles. The minimum absolute atomic E-state index is 0.0188. The molecule has 1 N–H and O–H groups in total. The molecule has 3 heteroatoms. The first kappa shape index (κ1) is 11.6. The van der Waals surface area contributed by atoms with Crippen LogP contribution in [0.1, 0.15) is 24.3 Å². The van der Waals surface area contributed by atoms with Crippen LogP contribution in [0, 0.1) is 17.2 Å². The Morgan fingerprint density at radius 2 is 2.38 bits per heavy atom. The molecule has 1 aliphatic rings. The molecule has 16 heavy (non-hydrogen) atoms. The van der Waals surface area contributed by atoms with Crippen LogP contribution in [-0.2, 0) is 0 Å². The van der Waals surface area contributed by atoms with Crippen LogP contribution in [0.2, 0.25) is 0 Å². The number of hydrogen-bond donors (Lipinski definition) is 1. The number of piperidine rings is 1. The molecule has 1 saturated heterocycles. The van der Waals surface area contributed by atoms with E-state index < -0.39 is 0 Å². The molecule has 0 aromatic heterocycles. The molecule has 0 bridgehead atoms. The molecule has 84 valence electrons. The summed E-state index contributed by atoms with van der Waals surface area (Å²) in [5.74, 6) is 0.471. The number of rotatable bonds is 2. The van der Waals surface area contributed by atoms with Crippen molar-refractivity contribution in [3.63, 3.8) is 0 Å². The van der Waals surface area contributed by atoms with Gasteiger partial charge in [0.15, 0.2) is 0 Å². The van der Waals surface area contributed by atoms with E-state index in [0.29, 0.717) is 5.92 Å². The van der Waals surface area contributed by atoms with Gasteiger partial charge in [-0.1, -0.05) is 28.1 Å². The van der Waals surface area contributed by atoms with Crippen LogP contribution in [0.4, 0.5) is 0 Å². The largest absolute Gasteiger partial charge is 0.316 e. The van der Waals surface area contributed by atoms with E-state index in [1.165, 1.54) is 6.42 Å². The number of benzene rings is 1. The third-order valence-electron chi connectivity index (χ3n) is 3.15. The molecule has 2 rings (SSSR count). The first-order valence-corrected chi connectivity index (χ1v) is 6.46. The van der Waals surface area contributed by atoms with Crippen LogP contribution < -0.4 is 5.32 Å². The summed E-state index contributed by atoms with van der Waals surface area (Å²) in [5, 5.41) is 12.7. The van der Waals surface area contributed by atoms with E-state index >= 15 is 0 Å². The summed E-state index contributed by atoms with van der Waals surface area (Å²) in [5.41, 5.74) is 1.13. The van der Waals surface area contributed by atoms with Gasteiger partial charge in [0.05, 0.1) is 12.0 Å². The predicted octanol–water partition coefficient (Wildman–Crippen LogP) is 3.06. The summed E-state index contributed by atoms with van der Waals surface area (Å²) >= 11 is 3.46. The van der Waals surface area contributed by atoms with Gasteiger partial charge in [0.1, 0.15) is 0 Å².